The first kappa shape index (κ1) is 15.2. The first-order chi connectivity index (χ1) is 8.95. The highest BCUT2D eigenvalue weighted by Gasteiger charge is 2.22. The summed E-state index contributed by atoms with van der Waals surface area (Å²) in [7, 11) is 0. The van der Waals surface area contributed by atoms with Crippen LogP contribution in [0.15, 0.2) is 24.3 Å². The number of carbonyl (C=O) groups excluding carboxylic acids is 1. The minimum Gasteiger partial charge on any atom is -0.480 e. The van der Waals surface area contributed by atoms with Crippen molar-refractivity contribution in [3.05, 3.63) is 35.4 Å². The molecule has 0 radical (unpaired) electrons. The second-order valence-electron chi connectivity index (χ2n) is 5.00. The third-order valence-corrected chi connectivity index (χ3v) is 2.95. The summed E-state index contributed by atoms with van der Waals surface area (Å²) >= 11 is 0. The number of benzene rings is 1. The number of nitrogens with one attached hydrogen (secondary N) is 1. The predicted molar refractivity (Wildman–Crippen MR) is 74.2 cm³/mol. The number of carboxylic acid groups (broad SMARTS) is 1. The van der Waals surface area contributed by atoms with Gasteiger partial charge >= 0.3 is 5.97 Å². The molecule has 0 aliphatic carbocycles. The molecule has 0 aliphatic heterocycles. The van der Waals surface area contributed by atoms with E-state index in [0.717, 1.165) is 12.0 Å². The molecule has 0 saturated heterocycles. The van der Waals surface area contributed by atoms with E-state index in [9.17, 15) is 9.59 Å². The quantitative estimate of drug-likeness (QED) is 0.828. The van der Waals surface area contributed by atoms with Crippen molar-refractivity contribution < 1.29 is 14.7 Å². The zero-order chi connectivity index (χ0) is 14.4. The summed E-state index contributed by atoms with van der Waals surface area (Å²) in [5, 5.41) is 11.7. The molecular weight excluding hydrogens is 242 g/mol. The van der Waals surface area contributed by atoms with Gasteiger partial charge in [-0.3, -0.25) is 4.79 Å². The van der Waals surface area contributed by atoms with Gasteiger partial charge in [-0.2, -0.15) is 0 Å². The molecule has 0 spiro atoms. The van der Waals surface area contributed by atoms with Crippen molar-refractivity contribution in [2.75, 3.05) is 0 Å². The van der Waals surface area contributed by atoms with E-state index in [1.807, 2.05) is 32.9 Å². The second kappa shape index (κ2) is 6.92. The molecule has 1 amide bonds. The molecule has 0 bridgehead atoms. The SMILES string of the molecule is CCc1ccccc1C(=O)N[C@@H](CC(C)C)C(=O)O. The van der Waals surface area contributed by atoms with E-state index >= 15 is 0 Å². The van der Waals surface area contributed by atoms with Gasteiger partial charge in [0.1, 0.15) is 6.04 Å². The molecule has 104 valence electrons. The Bertz CT molecular complexity index is 454. The van der Waals surface area contributed by atoms with Crippen LogP contribution in [0.4, 0.5) is 0 Å². The lowest BCUT2D eigenvalue weighted by Gasteiger charge is -2.17. The van der Waals surface area contributed by atoms with E-state index in [-0.39, 0.29) is 11.8 Å². The Kier molecular flexibility index (Phi) is 5.55. The van der Waals surface area contributed by atoms with Crippen LogP contribution in [0.2, 0.25) is 0 Å². The molecular formula is C15H21NO3. The van der Waals surface area contributed by atoms with Crippen molar-refractivity contribution in [2.24, 2.45) is 5.92 Å². The predicted octanol–water partition coefficient (Wildman–Crippen LogP) is 2.48. The molecule has 0 saturated carbocycles. The van der Waals surface area contributed by atoms with E-state index in [1.54, 1.807) is 12.1 Å². The van der Waals surface area contributed by atoms with Crippen LogP contribution in [0, 0.1) is 5.92 Å². The molecule has 1 atom stereocenters. The summed E-state index contributed by atoms with van der Waals surface area (Å²) in [5.41, 5.74) is 1.48. The van der Waals surface area contributed by atoms with Gasteiger partial charge in [-0.15, -0.1) is 0 Å². The minimum absolute atomic E-state index is 0.211. The summed E-state index contributed by atoms with van der Waals surface area (Å²) < 4.78 is 0. The molecule has 0 unspecified atom stereocenters. The summed E-state index contributed by atoms with van der Waals surface area (Å²) in [5.74, 6) is -1.09. The molecule has 0 aliphatic rings. The lowest BCUT2D eigenvalue weighted by Crippen LogP contribution is -2.41. The Labute approximate surface area is 113 Å². The Morgan fingerprint density at radius 1 is 1.26 bits per heavy atom. The largest absolute Gasteiger partial charge is 0.480 e. The van der Waals surface area contributed by atoms with Crippen LogP contribution in [0.1, 0.15) is 43.1 Å². The number of carboxylic acids is 1. The van der Waals surface area contributed by atoms with Gasteiger partial charge in [0.2, 0.25) is 0 Å². The smallest absolute Gasteiger partial charge is 0.326 e. The van der Waals surface area contributed by atoms with Crippen LogP contribution < -0.4 is 5.32 Å². The van der Waals surface area contributed by atoms with Gasteiger partial charge in [-0.25, -0.2) is 4.79 Å². The number of amides is 1. The summed E-state index contributed by atoms with van der Waals surface area (Å²) in [6.45, 7) is 5.83. The highest BCUT2D eigenvalue weighted by molar-refractivity contribution is 5.97. The van der Waals surface area contributed by atoms with Crippen LogP contribution in [-0.2, 0) is 11.2 Å². The van der Waals surface area contributed by atoms with E-state index in [0.29, 0.717) is 12.0 Å². The molecule has 4 nitrogen and oxygen atoms in total. The topological polar surface area (TPSA) is 66.4 Å². The fraction of sp³-hybridized carbons (Fsp3) is 0.467. The highest BCUT2D eigenvalue weighted by Crippen LogP contribution is 2.11. The second-order valence-corrected chi connectivity index (χ2v) is 5.00. The van der Waals surface area contributed by atoms with Crippen molar-refractivity contribution in [2.45, 2.75) is 39.7 Å². The van der Waals surface area contributed by atoms with Crippen LogP contribution in [0.5, 0.6) is 0 Å². The summed E-state index contributed by atoms with van der Waals surface area (Å²) in [6.07, 6.45) is 1.17. The first-order valence-corrected chi connectivity index (χ1v) is 6.57. The number of rotatable bonds is 6. The third-order valence-electron chi connectivity index (χ3n) is 2.95. The number of aryl methyl sites for hydroxylation is 1. The van der Waals surface area contributed by atoms with Gasteiger partial charge in [0, 0.05) is 5.56 Å². The lowest BCUT2D eigenvalue weighted by molar-refractivity contribution is -0.139. The van der Waals surface area contributed by atoms with Gasteiger partial charge in [-0.05, 0) is 30.4 Å². The Balaban J connectivity index is 2.84. The van der Waals surface area contributed by atoms with Crippen molar-refractivity contribution in [3.8, 4) is 0 Å². The van der Waals surface area contributed by atoms with E-state index in [4.69, 9.17) is 5.11 Å². The van der Waals surface area contributed by atoms with Gasteiger partial charge in [0.15, 0.2) is 0 Å². The number of hydrogen-bond acceptors (Lipinski definition) is 2. The van der Waals surface area contributed by atoms with Crippen molar-refractivity contribution in [1.82, 2.24) is 5.32 Å². The molecule has 0 heterocycles. The maximum Gasteiger partial charge on any atom is 0.326 e. The van der Waals surface area contributed by atoms with Gasteiger partial charge in [0.05, 0.1) is 0 Å². The van der Waals surface area contributed by atoms with Gasteiger partial charge in [-0.1, -0.05) is 39.0 Å². The third kappa shape index (κ3) is 4.39. The monoisotopic (exact) mass is 263 g/mol. The van der Waals surface area contributed by atoms with Crippen molar-refractivity contribution in [1.29, 1.82) is 0 Å². The maximum atomic E-state index is 12.1. The van der Waals surface area contributed by atoms with Gasteiger partial charge < -0.3 is 10.4 Å². The Morgan fingerprint density at radius 2 is 1.89 bits per heavy atom. The van der Waals surface area contributed by atoms with Crippen molar-refractivity contribution in [3.63, 3.8) is 0 Å². The lowest BCUT2D eigenvalue weighted by atomic mass is 10.0. The van der Waals surface area contributed by atoms with Crippen LogP contribution in [-0.4, -0.2) is 23.0 Å². The average molecular weight is 263 g/mol. The van der Waals surface area contributed by atoms with Crippen LogP contribution >= 0.6 is 0 Å². The zero-order valence-corrected chi connectivity index (χ0v) is 11.6. The molecule has 0 fully saturated rings. The standard InChI is InChI=1S/C15H21NO3/c1-4-11-7-5-6-8-12(11)14(17)16-13(15(18)19)9-10(2)3/h5-8,10,13H,4,9H2,1-3H3,(H,16,17)(H,18,19)/t13-/m0/s1. The van der Waals surface area contributed by atoms with Crippen LogP contribution in [0.25, 0.3) is 0 Å². The summed E-state index contributed by atoms with van der Waals surface area (Å²) in [6, 6.07) is 6.43. The first-order valence-electron chi connectivity index (χ1n) is 6.57. The molecule has 4 heteroatoms. The fourth-order valence-corrected chi connectivity index (χ4v) is 1.98. The summed E-state index contributed by atoms with van der Waals surface area (Å²) in [4.78, 5) is 23.3. The number of hydrogen-bond donors (Lipinski definition) is 2. The normalized spacial score (nSPS) is 12.2. The van der Waals surface area contributed by atoms with E-state index in [2.05, 4.69) is 5.32 Å². The number of aliphatic carboxylic acids is 1. The Hall–Kier alpha value is -1.84. The van der Waals surface area contributed by atoms with Gasteiger partial charge in [0.25, 0.3) is 5.91 Å². The number of carbonyl (C=O) groups is 2. The van der Waals surface area contributed by atoms with E-state index in [1.165, 1.54) is 0 Å². The maximum absolute atomic E-state index is 12.1. The molecule has 2 N–H and O–H groups in total. The highest BCUT2D eigenvalue weighted by atomic mass is 16.4. The zero-order valence-electron chi connectivity index (χ0n) is 11.6. The fourth-order valence-electron chi connectivity index (χ4n) is 1.98. The molecule has 1 aromatic rings. The average Bonchev–Trinajstić information content (AvgIpc) is 2.37. The minimum atomic E-state index is -0.990. The molecule has 1 rings (SSSR count). The van der Waals surface area contributed by atoms with E-state index < -0.39 is 12.0 Å². The van der Waals surface area contributed by atoms with Crippen molar-refractivity contribution >= 4 is 11.9 Å². The molecule has 19 heavy (non-hydrogen) atoms. The Morgan fingerprint density at radius 3 is 2.42 bits per heavy atom. The molecule has 0 aromatic heterocycles. The molecule has 1 aromatic carbocycles. The van der Waals surface area contributed by atoms with Crippen LogP contribution in [0.3, 0.4) is 0 Å².